The van der Waals surface area contributed by atoms with Crippen molar-refractivity contribution in [1.82, 2.24) is 4.90 Å². The number of benzene rings is 3. The SMILES string of the molecule is COc1cc2c(cc1OC)C(C1CCN(CCOC(c3ccc(F)cc3)c3ccc(F)cc3)CC1)OCC2. The molecule has 0 aromatic heterocycles. The van der Waals surface area contributed by atoms with E-state index in [0.717, 1.165) is 68.1 Å². The van der Waals surface area contributed by atoms with Gasteiger partial charge in [0.25, 0.3) is 0 Å². The Morgan fingerprint density at radius 2 is 1.45 bits per heavy atom. The van der Waals surface area contributed by atoms with E-state index in [0.29, 0.717) is 12.5 Å². The van der Waals surface area contributed by atoms with Crippen LogP contribution in [-0.4, -0.2) is 52.0 Å². The van der Waals surface area contributed by atoms with Gasteiger partial charge in [0.05, 0.1) is 33.5 Å². The molecule has 38 heavy (non-hydrogen) atoms. The average molecular weight is 524 g/mol. The highest BCUT2D eigenvalue weighted by molar-refractivity contribution is 5.49. The average Bonchev–Trinajstić information content (AvgIpc) is 2.96. The highest BCUT2D eigenvalue weighted by atomic mass is 19.1. The third kappa shape index (κ3) is 6.01. The summed E-state index contributed by atoms with van der Waals surface area (Å²) >= 11 is 0. The molecule has 0 saturated carbocycles. The lowest BCUT2D eigenvalue weighted by molar-refractivity contribution is -0.0236. The zero-order valence-electron chi connectivity index (χ0n) is 22.0. The number of nitrogens with zero attached hydrogens (tertiary/aromatic N) is 1. The predicted molar refractivity (Wildman–Crippen MR) is 142 cm³/mol. The van der Waals surface area contributed by atoms with Gasteiger partial charge in [0.2, 0.25) is 0 Å². The molecule has 5 nitrogen and oxygen atoms in total. The van der Waals surface area contributed by atoms with E-state index in [1.54, 1.807) is 38.5 Å². The maximum absolute atomic E-state index is 13.5. The van der Waals surface area contributed by atoms with Gasteiger partial charge in [-0.25, -0.2) is 8.78 Å². The summed E-state index contributed by atoms with van der Waals surface area (Å²) in [5.41, 5.74) is 4.19. The summed E-state index contributed by atoms with van der Waals surface area (Å²) < 4.78 is 50.6. The summed E-state index contributed by atoms with van der Waals surface area (Å²) in [6, 6.07) is 16.8. The van der Waals surface area contributed by atoms with Crippen LogP contribution in [0, 0.1) is 17.6 Å². The largest absolute Gasteiger partial charge is 0.493 e. The topological polar surface area (TPSA) is 40.2 Å². The van der Waals surface area contributed by atoms with Crippen LogP contribution in [0.25, 0.3) is 0 Å². The molecule has 0 spiro atoms. The highest BCUT2D eigenvalue weighted by Crippen LogP contribution is 2.42. The van der Waals surface area contributed by atoms with Gasteiger partial charge in [-0.1, -0.05) is 24.3 Å². The Labute approximate surface area is 223 Å². The van der Waals surface area contributed by atoms with E-state index in [9.17, 15) is 8.78 Å². The molecular weight excluding hydrogens is 488 g/mol. The lowest BCUT2D eigenvalue weighted by atomic mass is 9.83. The van der Waals surface area contributed by atoms with Gasteiger partial charge in [-0.3, -0.25) is 0 Å². The summed E-state index contributed by atoms with van der Waals surface area (Å²) in [7, 11) is 3.34. The van der Waals surface area contributed by atoms with Crippen molar-refractivity contribution in [2.24, 2.45) is 5.92 Å². The minimum atomic E-state index is -0.382. The third-order valence-corrected chi connectivity index (χ3v) is 7.72. The van der Waals surface area contributed by atoms with Crippen molar-refractivity contribution in [2.45, 2.75) is 31.5 Å². The van der Waals surface area contributed by atoms with Crippen molar-refractivity contribution >= 4 is 0 Å². The van der Waals surface area contributed by atoms with Gasteiger partial charge < -0.3 is 23.8 Å². The van der Waals surface area contributed by atoms with Crippen LogP contribution in [0.2, 0.25) is 0 Å². The van der Waals surface area contributed by atoms with Crippen molar-refractivity contribution in [3.63, 3.8) is 0 Å². The Balaban J connectivity index is 1.18. The van der Waals surface area contributed by atoms with Gasteiger partial charge >= 0.3 is 0 Å². The number of halogens is 2. The van der Waals surface area contributed by atoms with Crippen molar-refractivity contribution in [3.8, 4) is 11.5 Å². The Kier molecular flexibility index (Phi) is 8.57. The number of rotatable bonds is 9. The van der Waals surface area contributed by atoms with Crippen molar-refractivity contribution < 1.29 is 27.7 Å². The van der Waals surface area contributed by atoms with E-state index in [-0.39, 0.29) is 23.8 Å². The normalized spacial score (nSPS) is 18.4. The monoisotopic (exact) mass is 523 g/mol. The third-order valence-electron chi connectivity index (χ3n) is 7.72. The minimum absolute atomic E-state index is 0.0679. The first kappa shape index (κ1) is 26.6. The van der Waals surface area contributed by atoms with E-state index >= 15 is 0 Å². The Hall–Kier alpha value is -3.00. The summed E-state index contributed by atoms with van der Waals surface area (Å²) in [6.07, 6.45) is 2.65. The second-order valence-electron chi connectivity index (χ2n) is 9.98. The number of hydrogen-bond donors (Lipinski definition) is 0. The second kappa shape index (κ2) is 12.2. The molecule has 0 aliphatic carbocycles. The van der Waals surface area contributed by atoms with Crippen LogP contribution in [-0.2, 0) is 15.9 Å². The first-order chi connectivity index (χ1) is 18.6. The zero-order chi connectivity index (χ0) is 26.5. The van der Waals surface area contributed by atoms with Crippen molar-refractivity contribution in [3.05, 3.63) is 94.6 Å². The quantitative estimate of drug-likeness (QED) is 0.338. The number of piperidine rings is 1. The first-order valence-corrected chi connectivity index (χ1v) is 13.3. The van der Waals surface area contributed by atoms with Gasteiger partial charge in [-0.2, -0.15) is 0 Å². The molecule has 7 heteroatoms. The highest BCUT2D eigenvalue weighted by Gasteiger charge is 2.33. The summed E-state index contributed by atoms with van der Waals surface area (Å²) in [6.45, 7) is 3.96. The summed E-state index contributed by atoms with van der Waals surface area (Å²) in [5.74, 6) is 1.36. The van der Waals surface area contributed by atoms with Gasteiger partial charge in [0.15, 0.2) is 11.5 Å². The zero-order valence-corrected chi connectivity index (χ0v) is 22.0. The molecule has 0 bridgehead atoms. The maximum Gasteiger partial charge on any atom is 0.161 e. The number of hydrogen-bond acceptors (Lipinski definition) is 5. The van der Waals surface area contributed by atoms with Crippen LogP contribution in [0.3, 0.4) is 0 Å². The first-order valence-electron chi connectivity index (χ1n) is 13.3. The summed E-state index contributed by atoms with van der Waals surface area (Å²) in [5, 5.41) is 0. The van der Waals surface area contributed by atoms with Crippen LogP contribution >= 0.6 is 0 Å². The Morgan fingerprint density at radius 3 is 2.03 bits per heavy atom. The molecule has 202 valence electrons. The van der Waals surface area contributed by atoms with E-state index in [2.05, 4.69) is 17.0 Å². The molecule has 0 N–H and O–H groups in total. The van der Waals surface area contributed by atoms with Crippen molar-refractivity contribution in [1.29, 1.82) is 0 Å². The fraction of sp³-hybridized carbons (Fsp3) is 0.419. The fourth-order valence-electron chi connectivity index (χ4n) is 5.63. The van der Waals surface area contributed by atoms with Crippen LogP contribution in [0.15, 0.2) is 60.7 Å². The molecule has 3 aromatic carbocycles. The number of likely N-dealkylation sites (tertiary alicyclic amines) is 1. The smallest absolute Gasteiger partial charge is 0.161 e. The standard InChI is InChI=1S/C31H35F2NO4/c1-35-28-19-24-13-17-37-31(27(24)20-29(28)36-2)23-11-14-34(15-12-23)16-18-38-30(21-3-7-25(32)8-4-21)22-5-9-26(33)10-6-22/h3-10,19-20,23,30-31H,11-18H2,1-2H3. The van der Waals surface area contributed by atoms with Crippen LogP contribution < -0.4 is 9.47 Å². The van der Waals surface area contributed by atoms with Crippen LogP contribution in [0.1, 0.15) is 47.3 Å². The molecule has 3 aromatic rings. The molecule has 1 fully saturated rings. The number of methoxy groups -OCH3 is 2. The Bertz CT molecular complexity index is 1150. The molecule has 1 saturated heterocycles. The van der Waals surface area contributed by atoms with E-state index in [1.807, 2.05) is 0 Å². The molecule has 2 aliphatic rings. The molecule has 1 unspecified atom stereocenters. The van der Waals surface area contributed by atoms with E-state index in [1.165, 1.54) is 35.4 Å². The number of fused-ring (bicyclic) bond motifs is 1. The molecule has 0 amide bonds. The van der Waals surface area contributed by atoms with Crippen LogP contribution in [0.5, 0.6) is 11.5 Å². The van der Waals surface area contributed by atoms with E-state index in [4.69, 9.17) is 18.9 Å². The van der Waals surface area contributed by atoms with Gasteiger partial charge in [-0.15, -0.1) is 0 Å². The fourth-order valence-corrected chi connectivity index (χ4v) is 5.63. The predicted octanol–water partition coefficient (Wildman–Crippen LogP) is 6.11. The Morgan fingerprint density at radius 1 is 0.868 bits per heavy atom. The lowest BCUT2D eigenvalue weighted by Gasteiger charge is -2.38. The molecule has 2 heterocycles. The summed E-state index contributed by atoms with van der Waals surface area (Å²) in [4.78, 5) is 2.42. The molecular formula is C31H35F2NO4. The molecule has 2 aliphatic heterocycles. The van der Waals surface area contributed by atoms with Gasteiger partial charge in [-0.05, 0) is 96.9 Å². The molecule has 5 rings (SSSR count). The second-order valence-corrected chi connectivity index (χ2v) is 9.98. The van der Waals surface area contributed by atoms with Crippen molar-refractivity contribution in [2.75, 3.05) is 47.1 Å². The lowest BCUT2D eigenvalue weighted by Crippen LogP contribution is -2.39. The van der Waals surface area contributed by atoms with Crippen LogP contribution in [0.4, 0.5) is 8.78 Å². The van der Waals surface area contributed by atoms with Gasteiger partial charge in [0.1, 0.15) is 17.7 Å². The molecule has 1 atom stereocenters. The maximum atomic E-state index is 13.5. The number of ether oxygens (including phenoxy) is 4. The van der Waals surface area contributed by atoms with Gasteiger partial charge in [0, 0.05) is 6.54 Å². The van der Waals surface area contributed by atoms with E-state index < -0.39 is 0 Å². The molecule has 0 radical (unpaired) electrons. The minimum Gasteiger partial charge on any atom is -0.493 e.